The van der Waals surface area contributed by atoms with Gasteiger partial charge in [0.1, 0.15) is 0 Å². The summed E-state index contributed by atoms with van der Waals surface area (Å²) in [6.07, 6.45) is 0.532. The van der Waals surface area contributed by atoms with Crippen molar-refractivity contribution >= 4 is 11.4 Å². The highest BCUT2D eigenvalue weighted by Crippen LogP contribution is 2.24. The number of hydrogen-bond donors (Lipinski definition) is 1. The maximum absolute atomic E-state index is 10.8. The van der Waals surface area contributed by atoms with Gasteiger partial charge in [-0.15, -0.1) is 0 Å². The van der Waals surface area contributed by atoms with Crippen molar-refractivity contribution in [3.8, 4) is 0 Å². The van der Waals surface area contributed by atoms with E-state index < -0.39 is 0 Å². The van der Waals surface area contributed by atoms with Crippen molar-refractivity contribution in [2.24, 2.45) is 5.73 Å². The normalized spacial score (nSPS) is 10.1. The number of nitrogens with zero attached hydrogens (tertiary/aromatic N) is 2. The molecule has 0 amide bonds. The molecule has 0 aromatic heterocycles. The van der Waals surface area contributed by atoms with Crippen LogP contribution in [0.1, 0.15) is 5.56 Å². The van der Waals surface area contributed by atoms with E-state index in [0.29, 0.717) is 18.5 Å². The largest absolute Gasteiger partial charge is 0.377 e. The van der Waals surface area contributed by atoms with Crippen LogP contribution < -0.4 is 10.6 Å². The van der Waals surface area contributed by atoms with E-state index in [1.54, 1.807) is 12.1 Å². The van der Waals surface area contributed by atoms with Crippen LogP contribution in [0.2, 0.25) is 0 Å². The van der Waals surface area contributed by atoms with Crippen molar-refractivity contribution in [3.05, 3.63) is 33.9 Å². The van der Waals surface area contributed by atoms with Crippen molar-refractivity contribution < 1.29 is 4.92 Å². The first-order valence-electron chi connectivity index (χ1n) is 4.71. The van der Waals surface area contributed by atoms with Crippen molar-refractivity contribution in [3.63, 3.8) is 0 Å². The molecule has 0 radical (unpaired) electrons. The monoisotopic (exact) mass is 209 g/mol. The number of nitro benzene ring substituents is 1. The van der Waals surface area contributed by atoms with E-state index in [1.807, 2.05) is 25.1 Å². The quantitative estimate of drug-likeness (QED) is 0.596. The molecular weight excluding hydrogens is 194 g/mol. The first kappa shape index (κ1) is 11.5. The fourth-order valence-electron chi connectivity index (χ4n) is 1.37. The highest BCUT2D eigenvalue weighted by molar-refractivity contribution is 5.56. The van der Waals surface area contributed by atoms with Gasteiger partial charge in [-0.2, -0.15) is 0 Å². The van der Waals surface area contributed by atoms with E-state index in [-0.39, 0.29) is 10.6 Å². The molecule has 82 valence electrons. The van der Waals surface area contributed by atoms with Crippen LogP contribution >= 0.6 is 0 Å². The lowest BCUT2D eigenvalue weighted by Crippen LogP contribution is -2.10. The minimum absolute atomic E-state index is 0.145. The van der Waals surface area contributed by atoms with Crippen molar-refractivity contribution in [2.45, 2.75) is 6.42 Å². The third-order valence-corrected chi connectivity index (χ3v) is 2.20. The van der Waals surface area contributed by atoms with Crippen molar-refractivity contribution in [1.82, 2.24) is 0 Å². The van der Waals surface area contributed by atoms with E-state index in [0.717, 1.165) is 5.69 Å². The summed E-state index contributed by atoms with van der Waals surface area (Å²) in [5.41, 5.74) is 7.05. The zero-order valence-corrected chi connectivity index (χ0v) is 8.93. The first-order valence-corrected chi connectivity index (χ1v) is 4.71. The molecule has 1 aromatic carbocycles. The summed E-state index contributed by atoms with van der Waals surface area (Å²) in [5, 5.41) is 10.8. The van der Waals surface area contributed by atoms with Gasteiger partial charge in [0, 0.05) is 31.4 Å². The van der Waals surface area contributed by atoms with Gasteiger partial charge in [0.2, 0.25) is 0 Å². The van der Waals surface area contributed by atoms with Gasteiger partial charge in [-0.05, 0) is 19.0 Å². The van der Waals surface area contributed by atoms with Crippen LogP contribution in [-0.2, 0) is 6.42 Å². The molecule has 0 aliphatic heterocycles. The van der Waals surface area contributed by atoms with Crippen molar-refractivity contribution in [2.75, 3.05) is 25.5 Å². The van der Waals surface area contributed by atoms with Gasteiger partial charge in [-0.3, -0.25) is 10.1 Å². The Labute approximate surface area is 88.6 Å². The third-order valence-electron chi connectivity index (χ3n) is 2.20. The van der Waals surface area contributed by atoms with E-state index in [4.69, 9.17) is 5.73 Å². The molecular formula is C10H15N3O2. The number of nitro groups is 1. The molecule has 1 rings (SSSR count). The molecule has 0 saturated carbocycles. The van der Waals surface area contributed by atoms with Gasteiger partial charge in [0.15, 0.2) is 0 Å². The Kier molecular flexibility index (Phi) is 3.62. The second-order valence-electron chi connectivity index (χ2n) is 3.50. The number of nitrogens with two attached hydrogens (primary N) is 1. The van der Waals surface area contributed by atoms with E-state index in [2.05, 4.69) is 0 Å². The molecule has 0 spiro atoms. The molecule has 0 aliphatic carbocycles. The molecule has 0 atom stereocenters. The standard InChI is InChI=1S/C10H15N3O2/c1-12(2)9-4-3-8(5-6-11)10(7-9)13(14)15/h3-4,7H,5-6,11H2,1-2H3. The fraction of sp³-hybridized carbons (Fsp3) is 0.400. The maximum atomic E-state index is 10.8. The molecule has 5 nitrogen and oxygen atoms in total. The molecule has 1 aromatic rings. The molecule has 0 aliphatic rings. The Morgan fingerprint density at radius 3 is 2.60 bits per heavy atom. The molecule has 0 bridgehead atoms. The van der Waals surface area contributed by atoms with Crippen LogP contribution in [0.25, 0.3) is 0 Å². The van der Waals surface area contributed by atoms with Gasteiger partial charge in [0.05, 0.1) is 4.92 Å². The lowest BCUT2D eigenvalue weighted by atomic mass is 10.1. The summed E-state index contributed by atoms with van der Waals surface area (Å²) in [7, 11) is 3.70. The second kappa shape index (κ2) is 4.75. The summed E-state index contributed by atoms with van der Waals surface area (Å²) in [4.78, 5) is 12.3. The number of benzene rings is 1. The van der Waals surface area contributed by atoms with Crippen LogP contribution in [0.3, 0.4) is 0 Å². The summed E-state index contributed by atoms with van der Waals surface area (Å²) in [5.74, 6) is 0. The van der Waals surface area contributed by atoms with Crippen LogP contribution in [0.15, 0.2) is 18.2 Å². The average molecular weight is 209 g/mol. The topological polar surface area (TPSA) is 72.4 Å². The lowest BCUT2D eigenvalue weighted by Gasteiger charge is -2.12. The summed E-state index contributed by atoms with van der Waals surface area (Å²) >= 11 is 0. The smallest absolute Gasteiger partial charge is 0.274 e. The summed E-state index contributed by atoms with van der Waals surface area (Å²) in [6.45, 7) is 0.419. The minimum atomic E-state index is -0.363. The second-order valence-corrected chi connectivity index (χ2v) is 3.50. The third kappa shape index (κ3) is 2.66. The Morgan fingerprint density at radius 2 is 2.13 bits per heavy atom. The Bertz CT molecular complexity index is 364. The Hall–Kier alpha value is -1.62. The van der Waals surface area contributed by atoms with Crippen molar-refractivity contribution in [1.29, 1.82) is 0 Å². The lowest BCUT2D eigenvalue weighted by molar-refractivity contribution is -0.385. The molecule has 5 heteroatoms. The summed E-state index contributed by atoms with van der Waals surface area (Å²) < 4.78 is 0. The van der Waals surface area contributed by atoms with Gasteiger partial charge in [0.25, 0.3) is 5.69 Å². The van der Waals surface area contributed by atoms with Crippen LogP contribution in [0.5, 0.6) is 0 Å². The van der Waals surface area contributed by atoms with Gasteiger partial charge < -0.3 is 10.6 Å². The predicted octanol–water partition coefficient (Wildman–Crippen LogP) is 1.16. The van der Waals surface area contributed by atoms with Crippen LogP contribution in [-0.4, -0.2) is 25.6 Å². The Morgan fingerprint density at radius 1 is 1.47 bits per heavy atom. The highest BCUT2D eigenvalue weighted by Gasteiger charge is 2.14. The zero-order chi connectivity index (χ0) is 11.4. The predicted molar refractivity (Wildman–Crippen MR) is 60.2 cm³/mol. The number of anilines is 1. The maximum Gasteiger partial charge on any atom is 0.274 e. The number of hydrogen-bond acceptors (Lipinski definition) is 4. The molecule has 0 fully saturated rings. The molecule has 15 heavy (non-hydrogen) atoms. The fourth-order valence-corrected chi connectivity index (χ4v) is 1.37. The summed E-state index contributed by atoms with van der Waals surface area (Å²) in [6, 6.07) is 5.20. The number of rotatable bonds is 4. The molecule has 2 N–H and O–H groups in total. The molecule has 0 unspecified atom stereocenters. The van der Waals surface area contributed by atoms with E-state index >= 15 is 0 Å². The molecule has 0 saturated heterocycles. The first-order chi connectivity index (χ1) is 7.06. The SMILES string of the molecule is CN(C)c1ccc(CCN)c([N+](=O)[O-])c1. The minimum Gasteiger partial charge on any atom is -0.377 e. The average Bonchev–Trinajstić information content (AvgIpc) is 2.18. The molecule has 0 heterocycles. The Balaban J connectivity index is 3.14. The van der Waals surface area contributed by atoms with Gasteiger partial charge in [-0.1, -0.05) is 6.07 Å². The van der Waals surface area contributed by atoms with E-state index in [1.165, 1.54) is 0 Å². The van der Waals surface area contributed by atoms with Gasteiger partial charge in [-0.25, -0.2) is 0 Å². The van der Waals surface area contributed by atoms with Gasteiger partial charge >= 0.3 is 0 Å². The van der Waals surface area contributed by atoms with Crippen LogP contribution in [0.4, 0.5) is 11.4 Å². The van der Waals surface area contributed by atoms with Crippen LogP contribution in [0, 0.1) is 10.1 Å². The highest BCUT2D eigenvalue weighted by atomic mass is 16.6. The van der Waals surface area contributed by atoms with E-state index in [9.17, 15) is 10.1 Å². The zero-order valence-electron chi connectivity index (χ0n) is 8.93.